The van der Waals surface area contributed by atoms with Gasteiger partial charge >= 0.3 is 0 Å². The number of allylic oxidation sites excluding steroid dienone is 4. The fourth-order valence-corrected chi connectivity index (χ4v) is 6.72. The summed E-state index contributed by atoms with van der Waals surface area (Å²) in [5, 5.41) is 1.65. The van der Waals surface area contributed by atoms with E-state index >= 15 is 0 Å². The molecule has 1 atom stereocenters. The van der Waals surface area contributed by atoms with Gasteiger partial charge in [0.2, 0.25) is 0 Å². The number of hydrogen-bond acceptors (Lipinski definition) is 0. The molecule has 6 heteroatoms. The van der Waals surface area contributed by atoms with E-state index in [0.717, 1.165) is 43.4 Å². The highest BCUT2D eigenvalue weighted by atomic mass is 79.9. The van der Waals surface area contributed by atoms with Crippen molar-refractivity contribution in [2.75, 3.05) is 0 Å². The molecule has 0 fully saturated rings. The van der Waals surface area contributed by atoms with Crippen molar-refractivity contribution in [3.63, 3.8) is 0 Å². The molecule has 1 aliphatic rings. The number of hydrogen-bond donors (Lipinski definition) is 0. The van der Waals surface area contributed by atoms with E-state index in [1.165, 1.54) is 0 Å². The largest absolute Gasteiger partial charge is 0.151 e. The van der Waals surface area contributed by atoms with Crippen LogP contribution >= 0.6 is 73.9 Å². The summed E-state index contributed by atoms with van der Waals surface area (Å²) in [6.07, 6.45) is 0.621. The maximum absolute atomic E-state index is 7.26. The van der Waals surface area contributed by atoms with E-state index in [-0.39, 0.29) is 0 Å². The molecular formula is C27H20BrCl5. The van der Waals surface area contributed by atoms with Gasteiger partial charge in [-0.3, -0.25) is 0 Å². The quantitative estimate of drug-likeness (QED) is 0.261. The molecule has 0 amide bonds. The molecule has 0 aliphatic heterocycles. The van der Waals surface area contributed by atoms with Crippen molar-refractivity contribution in [1.29, 1.82) is 0 Å². The summed E-state index contributed by atoms with van der Waals surface area (Å²) >= 11 is 38.7. The van der Waals surface area contributed by atoms with E-state index in [9.17, 15) is 0 Å². The Bertz CT molecular complexity index is 1270. The van der Waals surface area contributed by atoms with Crippen LogP contribution in [0.2, 0.25) is 10.0 Å². The first-order valence-electron chi connectivity index (χ1n) is 10.4. The summed E-state index contributed by atoms with van der Waals surface area (Å²) in [5.41, 5.74) is 6.18. The first-order chi connectivity index (χ1) is 15.7. The van der Waals surface area contributed by atoms with Crippen molar-refractivity contribution in [3.8, 4) is 0 Å². The Balaban J connectivity index is 2.14. The summed E-state index contributed by atoms with van der Waals surface area (Å²) in [5.74, 6) is -0.567. The number of benzene rings is 3. The van der Waals surface area contributed by atoms with Gasteiger partial charge in [0.05, 0.1) is 5.92 Å². The van der Waals surface area contributed by atoms with Gasteiger partial charge in [0.1, 0.15) is 0 Å². The zero-order valence-corrected chi connectivity index (χ0v) is 23.3. The van der Waals surface area contributed by atoms with Crippen molar-refractivity contribution in [3.05, 3.63) is 114 Å². The van der Waals surface area contributed by atoms with Crippen LogP contribution in [0.3, 0.4) is 0 Å². The number of rotatable bonds is 4. The SMILES string of the molecule is CCC1=C(c2ccccc2)C(c2cc(Br)ccc2Cl)=C(Cl)C(c2cc(C)ccc2Cl)C1(Cl)Cl. The predicted molar refractivity (Wildman–Crippen MR) is 149 cm³/mol. The van der Waals surface area contributed by atoms with E-state index in [2.05, 4.69) is 15.9 Å². The van der Waals surface area contributed by atoms with Crippen LogP contribution in [0.5, 0.6) is 0 Å². The van der Waals surface area contributed by atoms with Crippen molar-refractivity contribution < 1.29 is 0 Å². The highest BCUT2D eigenvalue weighted by Gasteiger charge is 2.48. The monoisotopic (exact) mass is 598 g/mol. The molecule has 0 saturated carbocycles. The molecule has 1 unspecified atom stereocenters. The topological polar surface area (TPSA) is 0 Å². The molecule has 33 heavy (non-hydrogen) atoms. The highest BCUT2D eigenvalue weighted by molar-refractivity contribution is 9.10. The van der Waals surface area contributed by atoms with Crippen LogP contribution in [0.25, 0.3) is 11.1 Å². The minimum Gasteiger partial charge on any atom is -0.0955 e. The third kappa shape index (κ3) is 4.66. The van der Waals surface area contributed by atoms with E-state index < -0.39 is 10.3 Å². The lowest BCUT2D eigenvalue weighted by Crippen LogP contribution is -2.32. The van der Waals surface area contributed by atoms with Gasteiger partial charge in [0.15, 0.2) is 4.33 Å². The van der Waals surface area contributed by atoms with Crippen molar-refractivity contribution in [2.24, 2.45) is 0 Å². The van der Waals surface area contributed by atoms with Crippen LogP contribution in [-0.4, -0.2) is 4.33 Å². The lowest BCUT2D eigenvalue weighted by atomic mass is 9.75. The van der Waals surface area contributed by atoms with Gasteiger partial charge in [0, 0.05) is 30.7 Å². The van der Waals surface area contributed by atoms with Crippen LogP contribution in [-0.2, 0) is 0 Å². The molecular weight excluding hydrogens is 581 g/mol. The maximum atomic E-state index is 7.26. The van der Waals surface area contributed by atoms with E-state index in [0.29, 0.717) is 21.5 Å². The first kappa shape index (κ1) is 25.2. The lowest BCUT2D eigenvalue weighted by Gasteiger charge is -2.40. The summed E-state index contributed by atoms with van der Waals surface area (Å²) in [7, 11) is 0. The highest BCUT2D eigenvalue weighted by Crippen LogP contribution is 2.60. The van der Waals surface area contributed by atoms with E-state index in [1.807, 2.05) is 80.6 Å². The smallest absolute Gasteiger partial charge is 0.0955 e. The Labute approximate surface area is 228 Å². The molecule has 3 aromatic rings. The Morgan fingerprint density at radius 1 is 0.848 bits per heavy atom. The van der Waals surface area contributed by atoms with Crippen LogP contribution in [0.4, 0.5) is 0 Å². The summed E-state index contributed by atoms with van der Waals surface area (Å²) in [4.78, 5) is 0. The molecule has 4 rings (SSSR count). The number of alkyl halides is 2. The molecule has 0 spiro atoms. The number of halogens is 6. The van der Waals surface area contributed by atoms with Crippen molar-refractivity contribution >= 4 is 85.1 Å². The second-order valence-electron chi connectivity index (χ2n) is 8.00. The van der Waals surface area contributed by atoms with Crippen LogP contribution in [0, 0.1) is 6.92 Å². The zero-order chi connectivity index (χ0) is 23.9. The van der Waals surface area contributed by atoms with Gasteiger partial charge in [0.25, 0.3) is 0 Å². The minimum atomic E-state index is -1.31. The fraction of sp³-hybridized carbons (Fsp3) is 0.185. The van der Waals surface area contributed by atoms with Gasteiger partial charge in [-0.15, -0.1) is 0 Å². The molecule has 0 radical (unpaired) electrons. The van der Waals surface area contributed by atoms with Gasteiger partial charge in [-0.25, -0.2) is 0 Å². The van der Waals surface area contributed by atoms with Crippen LogP contribution in [0.1, 0.15) is 41.5 Å². The zero-order valence-electron chi connectivity index (χ0n) is 17.9. The Kier molecular flexibility index (Phi) is 7.61. The van der Waals surface area contributed by atoms with Gasteiger partial charge in [-0.05, 0) is 59.9 Å². The molecule has 0 heterocycles. The summed E-state index contributed by atoms with van der Waals surface area (Å²) < 4.78 is -0.417. The molecule has 0 bridgehead atoms. The molecule has 0 nitrogen and oxygen atoms in total. The molecule has 0 saturated heterocycles. The second-order valence-corrected chi connectivity index (χ2v) is 11.5. The van der Waals surface area contributed by atoms with Crippen LogP contribution < -0.4 is 0 Å². The van der Waals surface area contributed by atoms with Crippen molar-refractivity contribution in [2.45, 2.75) is 30.5 Å². The predicted octanol–water partition coefficient (Wildman–Crippen LogP) is 10.8. The molecule has 0 aromatic heterocycles. The third-order valence-corrected chi connectivity index (χ3v) is 8.35. The average molecular weight is 602 g/mol. The third-order valence-electron chi connectivity index (χ3n) is 5.89. The normalized spacial score (nSPS) is 18.1. The van der Waals surface area contributed by atoms with E-state index in [4.69, 9.17) is 58.0 Å². The average Bonchev–Trinajstić information content (AvgIpc) is 2.78. The lowest BCUT2D eigenvalue weighted by molar-refractivity contribution is 0.731. The molecule has 3 aromatic carbocycles. The van der Waals surface area contributed by atoms with Crippen LogP contribution in [0.15, 0.2) is 81.8 Å². The Morgan fingerprint density at radius 3 is 2.18 bits per heavy atom. The molecule has 0 N–H and O–H groups in total. The van der Waals surface area contributed by atoms with E-state index in [1.54, 1.807) is 0 Å². The standard InChI is InChI=1S/C27H20BrCl5/c1-3-20-23(16-7-5-4-6-8-16)24(18-14-17(28)10-12-21(18)29)26(31)25(27(20,32)33)19-13-15(2)9-11-22(19)30/h4-14,25H,3H2,1-2H3. The Morgan fingerprint density at radius 2 is 1.52 bits per heavy atom. The number of aryl methyl sites for hydroxylation is 1. The maximum Gasteiger partial charge on any atom is 0.151 e. The van der Waals surface area contributed by atoms with Gasteiger partial charge in [-0.1, -0.05) is 129 Å². The first-order valence-corrected chi connectivity index (χ1v) is 13.1. The second kappa shape index (κ2) is 9.97. The van der Waals surface area contributed by atoms with Gasteiger partial charge < -0.3 is 0 Å². The van der Waals surface area contributed by atoms with Gasteiger partial charge in [-0.2, -0.15) is 0 Å². The molecule has 170 valence electrons. The Hall–Kier alpha value is -0.930. The molecule has 1 aliphatic carbocycles. The fourth-order valence-electron chi connectivity index (χ4n) is 4.42. The summed E-state index contributed by atoms with van der Waals surface area (Å²) in [6.45, 7) is 4.05. The minimum absolute atomic E-state index is 0.503. The van der Waals surface area contributed by atoms with Crippen molar-refractivity contribution in [1.82, 2.24) is 0 Å². The summed E-state index contributed by atoms with van der Waals surface area (Å²) in [6, 6.07) is 21.5.